The van der Waals surface area contributed by atoms with Crippen LogP contribution in [0.3, 0.4) is 0 Å². The van der Waals surface area contributed by atoms with Gasteiger partial charge in [-0.05, 0) is 6.42 Å². The predicted molar refractivity (Wildman–Crippen MR) is 44.1 cm³/mol. The first-order valence-corrected chi connectivity index (χ1v) is 4.19. The Bertz CT molecular complexity index is 63.3. The summed E-state index contributed by atoms with van der Waals surface area (Å²) in [6, 6.07) is 0. The average molecular weight is 189 g/mol. The lowest BCUT2D eigenvalue weighted by Crippen LogP contribution is -2.00. The molecular formula is C6H10Cl3. The fourth-order valence-corrected chi connectivity index (χ4v) is 0.865. The van der Waals surface area contributed by atoms with E-state index in [0.29, 0.717) is 0 Å². The number of hydrogen-bond acceptors (Lipinski definition) is 0. The molecule has 1 radical (unpaired) electrons. The number of hydrogen-bond donors (Lipinski definition) is 0. The van der Waals surface area contributed by atoms with E-state index in [-0.39, 0.29) is 10.2 Å². The van der Waals surface area contributed by atoms with Gasteiger partial charge in [-0.3, -0.25) is 0 Å². The van der Waals surface area contributed by atoms with Crippen LogP contribution in [0.5, 0.6) is 0 Å². The van der Waals surface area contributed by atoms with Crippen LogP contribution in [0, 0.1) is 4.84 Å². The first kappa shape index (κ1) is 9.87. The molecule has 0 aliphatic carbocycles. The lowest BCUT2D eigenvalue weighted by Gasteiger charge is -2.06. The van der Waals surface area contributed by atoms with E-state index in [0.717, 1.165) is 19.3 Å². The summed E-state index contributed by atoms with van der Waals surface area (Å²) >= 11 is 16.5. The fourth-order valence-electron chi connectivity index (χ4n) is 0.492. The molecule has 0 aliphatic rings. The molecule has 0 aromatic rings. The Morgan fingerprint density at radius 2 is 2.00 bits per heavy atom. The Balaban J connectivity index is 3.16. The van der Waals surface area contributed by atoms with Crippen molar-refractivity contribution in [2.45, 2.75) is 31.6 Å². The van der Waals surface area contributed by atoms with Crippen LogP contribution in [0.15, 0.2) is 0 Å². The molecule has 0 spiro atoms. The number of alkyl halides is 1. The van der Waals surface area contributed by atoms with Gasteiger partial charge in [-0.1, -0.05) is 43.0 Å². The van der Waals surface area contributed by atoms with Crippen LogP contribution in [-0.2, 0) is 0 Å². The Kier molecular flexibility index (Phi) is 6.18. The summed E-state index contributed by atoms with van der Waals surface area (Å²) in [5.41, 5.74) is 0. The van der Waals surface area contributed by atoms with Crippen molar-refractivity contribution in [3.63, 3.8) is 0 Å². The second-order valence-corrected chi connectivity index (χ2v) is 3.43. The van der Waals surface area contributed by atoms with Gasteiger partial charge in [0.05, 0.1) is 5.38 Å². The van der Waals surface area contributed by atoms with Gasteiger partial charge in [0.1, 0.15) is 0 Å². The minimum Gasteiger partial charge on any atom is -0.120 e. The topological polar surface area (TPSA) is 0 Å². The van der Waals surface area contributed by atoms with Gasteiger partial charge < -0.3 is 0 Å². The highest BCUT2D eigenvalue weighted by atomic mass is 35.5. The Morgan fingerprint density at radius 3 is 2.33 bits per heavy atom. The molecule has 0 N–H and O–H groups in total. The third kappa shape index (κ3) is 5.32. The second kappa shape index (κ2) is 5.64. The van der Waals surface area contributed by atoms with Crippen LogP contribution in [0.4, 0.5) is 0 Å². The first-order chi connectivity index (χ1) is 4.18. The lowest BCUT2D eigenvalue weighted by molar-refractivity contribution is 0.722. The van der Waals surface area contributed by atoms with Crippen LogP contribution in [0.25, 0.3) is 0 Å². The Labute approximate surface area is 71.5 Å². The zero-order valence-electron chi connectivity index (χ0n) is 5.33. The second-order valence-electron chi connectivity index (χ2n) is 1.90. The van der Waals surface area contributed by atoms with Crippen LogP contribution < -0.4 is 0 Å². The molecule has 9 heavy (non-hydrogen) atoms. The van der Waals surface area contributed by atoms with E-state index in [1.807, 2.05) is 0 Å². The molecular weight excluding hydrogens is 178 g/mol. The Morgan fingerprint density at radius 1 is 1.44 bits per heavy atom. The fraction of sp³-hybridized carbons (Fsp3) is 0.833. The van der Waals surface area contributed by atoms with E-state index in [1.165, 1.54) is 0 Å². The van der Waals surface area contributed by atoms with Gasteiger partial charge in [-0.15, -0.1) is 11.6 Å². The molecule has 0 fully saturated rings. The third-order valence-electron chi connectivity index (χ3n) is 1.05. The largest absolute Gasteiger partial charge is 0.168 e. The molecule has 1 atom stereocenters. The minimum absolute atomic E-state index is 0.159. The maximum atomic E-state index is 5.69. The highest BCUT2D eigenvalue weighted by Crippen LogP contribution is 2.26. The average Bonchev–Trinajstić information content (AvgIpc) is 1.82. The van der Waals surface area contributed by atoms with Crippen molar-refractivity contribution >= 4 is 34.8 Å². The van der Waals surface area contributed by atoms with Crippen molar-refractivity contribution < 1.29 is 0 Å². The van der Waals surface area contributed by atoms with Gasteiger partial charge in [-0.2, -0.15) is 0 Å². The van der Waals surface area contributed by atoms with Crippen LogP contribution >= 0.6 is 34.8 Å². The van der Waals surface area contributed by atoms with Gasteiger partial charge in [0.2, 0.25) is 0 Å². The van der Waals surface area contributed by atoms with E-state index in [4.69, 9.17) is 34.8 Å². The van der Waals surface area contributed by atoms with E-state index in [9.17, 15) is 0 Å². The maximum absolute atomic E-state index is 5.69. The summed E-state index contributed by atoms with van der Waals surface area (Å²) in [6.07, 6.45) is 3.09. The summed E-state index contributed by atoms with van der Waals surface area (Å²) in [5, 5.41) is -0.159. The number of rotatable bonds is 4. The van der Waals surface area contributed by atoms with Gasteiger partial charge in [-0.25, -0.2) is 0 Å². The lowest BCUT2D eigenvalue weighted by atomic mass is 10.2. The van der Waals surface area contributed by atoms with Crippen molar-refractivity contribution in [1.82, 2.24) is 0 Å². The molecule has 0 nitrogen and oxygen atoms in total. The van der Waals surface area contributed by atoms with E-state index in [2.05, 4.69) is 6.92 Å². The van der Waals surface area contributed by atoms with Gasteiger partial charge >= 0.3 is 0 Å². The number of halogens is 3. The smallest absolute Gasteiger partial charge is 0.120 e. The highest BCUT2D eigenvalue weighted by molar-refractivity contribution is 6.56. The molecule has 0 bridgehead atoms. The van der Waals surface area contributed by atoms with Crippen LogP contribution in [-0.4, -0.2) is 5.38 Å². The summed E-state index contributed by atoms with van der Waals surface area (Å²) in [6.45, 7) is 2.10. The van der Waals surface area contributed by atoms with E-state index < -0.39 is 0 Å². The maximum Gasteiger partial charge on any atom is 0.168 e. The molecule has 0 saturated heterocycles. The summed E-state index contributed by atoms with van der Waals surface area (Å²) < 4.78 is 0. The normalized spacial score (nSPS) is 14.3. The molecule has 0 saturated carbocycles. The Hall–Kier alpha value is 0.870. The molecule has 0 aromatic carbocycles. The minimum atomic E-state index is -0.159. The van der Waals surface area contributed by atoms with Crippen molar-refractivity contribution in [3.8, 4) is 0 Å². The van der Waals surface area contributed by atoms with Gasteiger partial charge in [0, 0.05) is 0 Å². The standard InChI is InChI=1S/C6H10Cl3/c1-2-3-4-5(7)6(8)9/h5H,2-4H2,1H3. The van der Waals surface area contributed by atoms with Gasteiger partial charge in [0.15, 0.2) is 4.84 Å². The molecule has 0 rings (SSSR count). The number of unbranched alkanes of at least 4 members (excludes halogenated alkanes) is 1. The first-order valence-electron chi connectivity index (χ1n) is 3.00. The molecule has 3 heteroatoms. The van der Waals surface area contributed by atoms with Crippen LogP contribution in [0.2, 0.25) is 0 Å². The van der Waals surface area contributed by atoms with E-state index >= 15 is 0 Å². The molecule has 0 amide bonds. The quantitative estimate of drug-likeness (QED) is 0.590. The van der Waals surface area contributed by atoms with Crippen LogP contribution in [0.1, 0.15) is 26.2 Å². The van der Waals surface area contributed by atoms with Crippen molar-refractivity contribution in [1.29, 1.82) is 0 Å². The molecule has 55 valence electrons. The molecule has 0 aliphatic heterocycles. The third-order valence-corrected chi connectivity index (χ3v) is 2.23. The van der Waals surface area contributed by atoms with E-state index in [1.54, 1.807) is 0 Å². The molecule has 0 aromatic heterocycles. The monoisotopic (exact) mass is 187 g/mol. The SMILES string of the molecule is CCCCC(Cl)[C](Cl)Cl. The summed E-state index contributed by atoms with van der Waals surface area (Å²) in [4.78, 5) is 0.283. The summed E-state index contributed by atoms with van der Waals surface area (Å²) in [5.74, 6) is 0. The van der Waals surface area contributed by atoms with Gasteiger partial charge in [0.25, 0.3) is 0 Å². The summed E-state index contributed by atoms with van der Waals surface area (Å²) in [7, 11) is 0. The molecule has 1 unspecified atom stereocenters. The molecule has 0 heterocycles. The van der Waals surface area contributed by atoms with Crippen molar-refractivity contribution in [2.24, 2.45) is 0 Å². The zero-order chi connectivity index (χ0) is 7.28. The highest BCUT2D eigenvalue weighted by Gasteiger charge is 2.13. The van der Waals surface area contributed by atoms with Crippen molar-refractivity contribution in [3.05, 3.63) is 4.84 Å². The predicted octanol–water partition coefficient (Wildman–Crippen LogP) is 3.75. The van der Waals surface area contributed by atoms with Crippen molar-refractivity contribution in [2.75, 3.05) is 0 Å². The zero-order valence-corrected chi connectivity index (χ0v) is 7.60.